The Hall–Kier alpha value is -1.66. The van der Waals surface area contributed by atoms with Gasteiger partial charge in [0, 0.05) is 24.0 Å². The second-order valence-electron chi connectivity index (χ2n) is 5.07. The molecule has 2 heterocycles. The average Bonchev–Trinajstić information content (AvgIpc) is 2.67. The third kappa shape index (κ3) is 3.65. The Morgan fingerprint density at radius 2 is 2.21 bits per heavy atom. The highest BCUT2D eigenvalue weighted by atomic mass is 35.5. The maximum Gasteiger partial charge on any atom is 0.256 e. The number of aryl methyl sites for hydroxylation is 1. The fourth-order valence-corrected chi connectivity index (χ4v) is 1.52. The van der Waals surface area contributed by atoms with E-state index in [0.29, 0.717) is 17.8 Å². The monoisotopic (exact) mass is 283 g/mol. The number of nitrogens with two attached hydrogens (primary N) is 1. The molecular weight excluding hydrogens is 266 g/mol. The van der Waals surface area contributed by atoms with E-state index in [4.69, 9.17) is 5.73 Å². The molecule has 6 nitrogen and oxygen atoms in total. The summed E-state index contributed by atoms with van der Waals surface area (Å²) in [4.78, 5) is 16.3. The summed E-state index contributed by atoms with van der Waals surface area (Å²) >= 11 is 0. The summed E-state index contributed by atoms with van der Waals surface area (Å²) < 4.78 is 1.58. The fourth-order valence-electron chi connectivity index (χ4n) is 1.52. The van der Waals surface area contributed by atoms with Crippen LogP contribution in [0.15, 0.2) is 18.5 Å². The van der Waals surface area contributed by atoms with Gasteiger partial charge in [0.05, 0.1) is 6.20 Å². The Bertz CT molecular complexity index is 587. The van der Waals surface area contributed by atoms with Crippen LogP contribution in [0.4, 0.5) is 0 Å². The number of amides is 1. The van der Waals surface area contributed by atoms with Crippen LogP contribution in [-0.2, 0) is 0 Å². The van der Waals surface area contributed by atoms with Crippen molar-refractivity contribution < 1.29 is 4.79 Å². The normalized spacial score (nSPS) is 11.2. The summed E-state index contributed by atoms with van der Waals surface area (Å²) in [5, 5.41) is 6.87. The lowest BCUT2D eigenvalue weighted by molar-refractivity contribution is 0.0947. The van der Waals surface area contributed by atoms with Crippen LogP contribution in [0, 0.1) is 6.92 Å². The molecule has 104 valence electrons. The van der Waals surface area contributed by atoms with Crippen LogP contribution in [0.25, 0.3) is 5.65 Å². The molecule has 0 saturated heterocycles. The van der Waals surface area contributed by atoms with E-state index in [2.05, 4.69) is 15.4 Å². The van der Waals surface area contributed by atoms with Crippen molar-refractivity contribution in [3.05, 3.63) is 29.7 Å². The lowest BCUT2D eigenvalue weighted by Gasteiger charge is -2.18. The Balaban J connectivity index is 0.00000180. The van der Waals surface area contributed by atoms with E-state index in [0.717, 1.165) is 5.69 Å². The van der Waals surface area contributed by atoms with Gasteiger partial charge >= 0.3 is 0 Å². The van der Waals surface area contributed by atoms with E-state index >= 15 is 0 Å². The van der Waals surface area contributed by atoms with E-state index < -0.39 is 5.54 Å². The van der Waals surface area contributed by atoms with Crippen molar-refractivity contribution in [1.29, 1.82) is 0 Å². The molecule has 0 bridgehead atoms. The molecule has 3 N–H and O–H groups in total. The van der Waals surface area contributed by atoms with E-state index in [1.54, 1.807) is 10.7 Å². The number of fused-ring (bicyclic) bond motifs is 1. The Morgan fingerprint density at radius 1 is 1.53 bits per heavy atom. The molecule has 2 aromatic heterocycles. The molecule has 2 aromatic rings. The minimum atomic E-state index is -0.442. The second kappa shape index (κ2) is 5.54. The van der Waals surface area contributed by atoms with Crippen LogP contribution >= 0.6 is 12.4 Å². The van der Waals surface area contributed by atoms with Gasteiger partial charge in [0.1, 0.15) is 5.56 Å². The summed E-state index contributed by atoms with van der Waals surface area (Å²) in [6.07, 6.45) is 3.29. The number of hydrogen-bond donors (Lipinski definition) is 2. The summed E-state index contributed by atoms with van der Waals surface area (Å²) in [5.41, 5.74) is 7.24. The van der Waals surface area contributed by atoms with Gasteiger partial charge in [0.25, 0.3) is 5.91 Å². The van der Waals surface area contributed by atoms with Crippen LogP contribution in [0.5, 0.6) is 0 Å². The molecule has 0 saturated carbocycles. The molecule has 0 aromatic carbocycles. The molecule has 0 aliphatic rings. The number of rotatable bonds is 3. The highest BCUT2D eigenvalue weighted by Gasteiger charge is 2.17. The lowest BCUT2D eigenvalue weighted by atomic mass is 10.1. The van der Waals surface area contributed by atoms with Gasteiger partial charge < -0.3 is 11.1 Å². The molecule has 0 aliphatic carbocycles. The third-order valence-corrected chi connectivity index (χ3v) is 2.46. The average molecular weight is 284 g/mol. The maximum absolute atomic E-state index is 12.0. The van der Waals surface area contributed by atoms with E-state index in [1.165, 1.54) is 6.20 Å². The Kier molecular flexibility index (Phi) is 4.49. The molecule has 0 unspecified atom stereocenters. The van der Waals surface area contributed by atoms with Crippen molar-refractivity contribution in [2.45, 2.75) is 26.3 Å². The molecule has 2 rings (SSSR count). The van der Waals surface area contributed by atoms with Gasteiger partial charge in [0.2, 0.25) is 0 Å². The summed E-state index contributed by atoms with van der Waals surface area (Å²) in [7, 11) is 0. The summed E-state index contributed by atoms with van der Waals surface area (Å²) in [5.74, 6) is -0.207. The van der Waals surface area contributed by atoms with Crippen LogP contribution in [0.2, 0.25) is 0 Å². The molecule has 1 amide bonds. The first-order valence-corrected chi connectivity index (χ1v) is 5.75. The number of aromatic nitrogens is 3. The number of carbonyl (C=O) groups excluding carboxylic acids is 1. The zero-order chi connectivity index (χ0) is 13.3. The van der Waals surface area contributed by atoms with Gasteiger partial charge in [-0.25, -0.2) is 9.50 Å². The predicted octanol–water partition coefficient (Wildman–Crippen LogP) is 0.927. The SMILES string of the molecule is Cc1ccn2ncc(C(=O)NCC(C)(C)N)c2n1.Cl. The number of nitrogens with one attached hydrogen (secondary N) is 1. The van der Waals surface area contributed by atoms with Gasteiger partial charge in [-0.1, -0.05) is 0 Å². The van der Waals surface area contributed by atoms with Gasteiger partial charge in [-0.15, -0.1) is 12.4 Å². The number of halogens is 1. The first kappa shape index (κ1) is 15.4. The molecule has 0 atom stereocenters. The van der Waals surface area contributed by atoms with Crippen LogP contribution in [0.1, 0.15) is 29.9 Å². The molecule has 0 fully saturated rings. The van der Waals surface area contributed by atoms with Crippen LogP contribution in [0.3, 0.4) is 0 Å². The van der Waals surface area contributed by atoms with E-state index in [-0.39, 0.29) is 18.3 Å². The fraction of sp³-hybridized carbons (Fsp3) is 0.417. The highest BCUT2D eigenvalue weighted by molar-refractivity contribution is 5.99. The summed E-state index contributed by atoms with van der Waals surface area (Å²) in [6, 6.07) is 1.84. The molecule has 0 radical (unpaired) electrons. The first-order chi connectivity index (χ1) is 8.37. The topological polar surface area (TPSA) is 85.3 Å². The van der Waals surface area contributed by atoms with Crippen molar-refractivity contribution in [3.8, 4) is 0 Å². The minimum absolute atomic E-state index is 0. The van der Waals surface area contributed by atoms with Crippen molar-refractivity contribution in [3.63, 3.8) is 0 Å². The largest absolute Gasteiger partial charge is 0.350 e. The molecule has 7 heteroatoms. The van der Waals surface area contributed by atoms with Gasteiger partial charge in [-0.05, 0) is 26.8 Å². The van der Waals surface area contributed by atoms with Crippen molar-refractivity contribution >= 4 is 24.0 Å². The van der Waals surface area contributed by atoms with E-state index in [1.807, 2.05) is 26.8 Å². The van der Waals surface area contributed by atoms with Gasteiger partial charge in [-0.2, -0.15) is 5.10 Å². The van der Waals surface area contributed by atoms with Crippen molar-refractivity contribution in [1.82, 2.24) is 19.9 Å². The first-order valence-electron chi connectivity index (χ1n) is 5.75. The smallest absolute Gasteiger partial charge is 0.256 e. The maximum atomic E-state index is 12.0. The van der Waals surface area contributed by atoms with E-state index in [9.17, 15) is 4.79 Å². The van der Waals surface area contributed by atoms with Crippen LogP contribution in [-0.4, -0.2) is 32.6 Å². The zero-order valence-corrected chi connectivity index (χ0v) is 12.0. The number of carbonyl (C=O) groups is 1. The van der Waals surface area contributed by atoms with Crippen molar-refractivity contribution in [2.24, 2.45) is 5.73 Å². The van der Waals surface area contributed by atoms with Crippen LogP contribution < -0.4 is 11.1 Å². The minimum Gasteiger partial charge on any atom is -0.350 e. The summed E-state index contributed by atoms with van der Waals surface area (Å²) in [6.45, 7) is 5.98. The molecule has 0 aliphatic heterocycles. The van der Waals surface area contributed by atoms with Gasteiger partial charge in [0.15, 0.2) is 5.65 Å². The zero-order valence-electron chi connectivity index (χ0n) is 11.2. The molecule has 19 heavy (non-hydrogen) atoms. The standard InChI is InChI=1S/C12H17N5O.ClH/c1-8-4-5-17-10(16-8)9(6-15-17)11(18)14-7-12(2,3)13;/h4-6H,7,13H2,1-3H3,(H,14,18);1H. The quantitative estimate of drug-likeness (QED) is 0.877. The Morgan fingerprint density at radius 3 is 2.84 bits per heavy atom. The molecular formula is C12H18ClN5O. The Labute approximate surface area is 117 Å². The number of nitrogens with zero attached hydrogens (tertiary/aromatic N) is 3. The lowest BCUT2D eigenvalue weighted by Crippen LogP contribution is -2.45. The predicted molar refractivity (Wildman–Crippen MR) is 75.6 cm³/mol. The van der Waals surface area contributed by atoms with Gasteiger partial charge in [-0.3, -0.25) is 4.79 Å². The number of hydrogen-bond acceptors (Lipinski definition) is 4. The third-order valence-electron chi connectivity index (χ3n) is 2.46. The highest BCUT2D eigenvalue weighted by Crippen LogP contribution is 2.08. The second-order valence-corrected chi connectivity index (χ2v) is 5.07. The molecule has 0 spiro atoms. The van der Waals surface area contributed by atoms with Crippen molar-refractivity contribution in [2.75, 3.05) is 6.54 Å².